The minimum absolute atomic E-state index is 0.216. The van der Waals surface area contributed by atoms with Crippen molar-refractivity contribution >= 4 is 21.9 Å². The predicted octanol–water partition coefficient (Wildman–Crippen LogP) is 2.62. The molecule has 4 nitrogen and oxygen atoms in total. The van der Waals surface area contributed by atoms with Crippen LogP contribution >= 0.6 is 15.9 Å². The van der Waals surface area contributed by atoms with Crippen LogP contribution in [0, 0.1) is 0 Å². The van der Waals surface area contributed by atoms with E-state index in [-0.39, 0.29) is 11.7 Å². The van der Waals surface area contributed by atoms with E-state index in [1.807, 2.05) is 0 Å². The number of hydrogen-bond acceptors (Lipinski definition) is 3. The van der Waals surface area contributed by atoms with Gasteiger partial charge in [0.15, 0.2) is 0 Å². The fourth-order valence-corrected chi connectivity index (χ4v) is 2.48. The van der Waals surface area contributed by atoms with Gasteiger partial charge in [-0.15, -0.1) is 0 Å². The summed E-state index contributed by atoms with van der Waals surface area (Å²) in [5.74, 6) is -0.212. The summed E-state index contributed by atoms with van der Waals surface area (Å²) in [6.45, 7) is 2.07. The lowest BCUT2D eigenvalue weighted by atomic mass is 10.1. The van der Waals surface area contributed by atoms with E-state index in [1.165, 1.54) is 0 Å². The molecule has 0 atom stereocenters. The molecule has 98 valence electrons. The highest BCUT2D eigenvalue weighted by molar-refractivity contribution is 9.10. The van der Waals surface area contributed by atoms with Crippen molar-refractivity contribution in [2.24, 2.45) is 0 Å². The first-order chi connectivity index (χ1) is 8.56. The first-order valence-electron chi connectivity index (χ1n) is 5.94. The molecule has 1 N–H and O–H groups in total. The van der Waals surface area contributed by atoms with Gasteiger partial charge in [0, 0.05) is 13.1 Å². The molecule has 0 spiro atoms. The van der Waals surface area contributed by atoms with E-state index in [0.29, 0.717) is 4.47 Å². The molecular weight excluding hydrogens is 298 g/mol. The molecule has 18 heavy (non-hydrogen) atoms. The number of ether oxygens (including phenoxy) is 1. The van der Waals surface area contributed by atoms with Crippen LogP contribution in [0.25, 0.3) is 0 Å². The zero-order valence-electron chi connectivity index (χ0n) is 10.2. The van der Waals surface area contributed by atoms with Crippen molar-refractivity contribution < 1.29 is 14.6 Å². The number of carboxylic acid groups (broad SMARTS) is 1. The minimum atomic E-state index is -0.929. The number of likely N-dealkylation sites (tertiary alicyclic amines) is 1. The molecule has 0 bridgehead atoms. The standard InChI is InChI=1S/C13H16BrNO3/c1-15-6-4-10(5-7-15)18-12-3-2-9(13(16)17)8-11(12)14/h2-3,8,10H,4-7H2,1H3,(H,16,17). The van der Waals surface area contributed by atoms with Crippen molar-refractivity contribution in [1.82, 2.24) is 4.90 Å². The Kier molecular flexibility index (Phi) is 4.24. The van der Waals surface area contributed by atoms with Gasteiger partial charge in [-0.25, -0.2) is 4.79 Å². The van der Waals surface area contributed by atoms with Gasteiger partial charge >= 0.3 is 5.97 Å². The predicted molar refractivity (Wildman–Crippen MR) is 72.2 cm³/mol. The minimum Gasteiger partial charge on any atom is -0.489 e. The second-order valence-electron chi connectivity index (χ2n) is 4.57. The largest absolute Gasteiger partial charge is 0.489 e. The van der Waals surface area contributed by atoms with Crippen LogP contribution in [-0.2, 0) is 0 Å². The number of carbonyl (C=O) groups is 1. The second kappa shape index (κ2) is 5.71. The van der Waals surface area contributed by atoms with Crippen LogP contribution in [0.2, 0.25) is 0 Å². The molecule has 0 aromatic heterocycles. The number of hydrogen-bond donors (Lipinski definition) is 1. The van der Waals surface area contributed by atoms with Gasteiger partial charge in [0.1, 0.15) is 11.9 Å². The van der Waals surface area contributed by atoms with Crippen LogP contribution in [0.4, 0.5) is 0 Å². The Hall–Kier alpha value is -1.07. The maximum absolute atomic E-state index is 10.8. The first kappa shape index (κ1) is 13.4. The molecule has 0 aliphatic carbocycles. The van der Waals surface area contributed by atoms with Crippen molar-refractivity contribution in [3.8, 4) is 5.75 Å². The van der Waals surface area contributed by atoms with Crippen LogP contribution in [0.15, 0.2) is 22.7 Å². The summed E-state index contributed by atoms with van der Waals surface area (Å²) in [6.07, 6.45) is 2.22. The Morgan fingerprint density at radius 1 is 1.44 bits per heavy atom. The highest BCUT2D eigenvalue weighted by atomic mass is 79.9. The third-order valence-electron chi connectivity index (χ3n) is 3.14. The Balaban J connectivity index is 2.03. The summed E-state index contributed by atoms with van der Waals surface area (Å²) in [5, 5.41) is 8.88. The lowest BCUT2D eigenvalue weighted by Crippen LogP contribution is -2.35. The van der Waals surface area contributed by atoms with Crippen LogP contribution < -0.4 is 4.74 Å². The average Bonchev–Trinajstić information content (AvgIpc) is 2.34. The molecule has 0 radical (unpaired) electrons. The molecule has 1 aliphatic heterocycles. The maximum atomic E-state index is 10.8. The van der Waals surface area contributed by atoms with Gasteiger partial charge in [0.2, 0.25) is 0 Å². The lowest BCUT2D eigenvalue weighted by molar-refractivity contribution is 0.0696. The van der Waals surface area contributed by atoms with E-state index in [1.54, 1.807) is 18.2 Å². The molecule has 1 heterocycles. The first-order valence-corrected chi connectivity index (χ1v) is 6.73. The Labute approximate surface area is 115 Å². The van der Waals surface area contributed by atoms with Crippen LogP contribution in [-0.4, -0.2) is 42.2 Å². The zero-order chi connectivity index (χ0) is 13.1. The normalized spacial score (nSPS) is 17.7. The molecule has 5 heteroatoms. The summed E-state index contributed by atoms with van der Waals surface area (Å²) < 4.78 is 6.60. The van der Waals surface area contributed by atoms with Crippen LogP contribution in [0.5, 0.6) is 5.75 Å². The van der Waals surface area contributed by atoms with Crippen molar-refractivity contribution in [2.75, 3.05) is 20.1 Å². The number of piperidine rings is 1. The van der Waals surface area contributed by atoms with E-state index in [2.05, 4.69) is 27.9 Å². The van der Waals surface area contributed by atoms with Gasteiger partial charge in [-0.1, -0.05) is 0 Å². The maximum Gasteiger partial charge on any atom is 0.335 e. The number of nitrogens with zero attached hydrogens (tertiary/aromatic N) is 1. The number of rotatable bonds is 3. The summed E-state index contributed by atoms with van der Waals surface area (Å²) in [7, 11) is 2.10. The lowest BCUT2D eigenvalue weighted by Gasteiger charge is -2.29. The quantitative estimate of drug-likeness (QED) is 0.932. The Morgan fingerprint density at radius 2 is 2.11 bits per heavy atom. The van der Waals surface area contributed by atoms with E-state index >= 15 is 0 Å². The summed E-state index contributed by atoms with van der Waals surface area (Å²) in [4.78, 5) is 13.1. The Morgan fingerprint density at radius 3 is 2.67 bits per heavy atom. The highest BCUT2D eigenvalue weighted by Gasteiger charge is 2.19. The van der Waals surface area contributed by atoms with Crippen molar-refractivity contribution in [1.29, 1.82) is 0 Å². The molecular formula is C13H16BrNO3. The number of aromatic carboxylic acids is 1. The third kappa shape index (κ3) is 3.23. The molecule has 1 saturated heterocycles. The monoisotopic (exact) mass is 313 g/mol. The van der Waals surface area contributed by atoms with Gasteiger partial charge < -0.3 is 14.7 Å². The molecule has 1 fully saturated rings. The molecule has 0 unspecified atom stereocenters. The molecule has 1 aliphatic rings. The van der Waals surface area contributed by atoms with Gasteiger partial charge in [-0.05, 0) is 54.0 Å². The fraction of sp³-hybridized carbons (Fsp3) is 0.462. The SMILES string of the molecule is CN1CCC(Oc2ccc(C(=O)O)cc2Br)CC1. The van der Waals surface area contributed by atoms with E-state index in [4.69, 9.17) is 9.84 Å². The molecule has 0 amide bonds. The number of carboxylic acids is 1. The summed E-state index contributed by atoms with van der Waals surface area (Å²) >= 11 is 3.36. The highest BCUT2D eigenvalue weighted by Crippen LogP contribution is 2.28. The third-order valence-corrected chi connectivity index (χ3v) is 3.76. The second-order valence-corrected chi connectivity index (χ2v) is 5.43. The summed E-state index contributed by atoms with van der Waals surface area (Å²) in [6, 6.07) is 4.86. The van der Waals surface area contributed by atoms with Gasteiger partial charge in [-0.3, -0.25) is 0 Å². The summed E-state index contributed by atoms with van der Waals surface area (Å²) in [5.41, 5.74) is 0.262. The van der Waals surface area contributed by atoms with Gasteiger partial charge in [0.05, 0.1) is 10.0 Å². The molecule has 2 rings (SSSR count). The Bertz CT molecular complexity index is 442. The van der Waals surface area contributed by atoms with E-state index < -0.39 is 5.97 Å². The number of benzene rings is 1. The fourth-order valence-electron chi connectivity index (χ4n) is 2.01. The number of halogens is 1. The smallest absolute Gasteiger partial charge is 0.335 e. The average molecular weight is 314 g/mol. The van der Waals surface area contributed by atoms with Crippen molar-refractivity contribution in [3.05, 3.63) is 28.2 Å². The molecule has 1 aromatic rings. The van der Waals surface area contributed by atoms with Gasteiger partial charge in [-0.2, -0.15) is 0 Å². The van der Waals surface area contributed by atoms with E-state index in [9.17, 15) is 4.79 Å². The zero-order valence-corrected chi connectivity index (χ0v) is 11.8. The van der Waals surface area contributed by atoms with Crippen LogP contribution in [0.1, 0.15) is 23.2 Å². The molecule has 1 aromatic carbocycles. The van der Waals surface area contributed by atoms with Crippen molar-refractivity contribution in [2.45, 2.75) is 18.9 Å². The van der Waals surface area contributed by atoms with E-state index in [0.717, 1.165) is 31.7 Å². The van der Waals surface area contributed by atoms with Gasteiger partial charge in [0.25, 0.3) is 0 Å². The molecule has 0 saturated carbocycles. The van der Waals surface area contributed by atoms with Crippen molar-refractivity contribution in [3.63, 3.8) is 0 Å². The van der Waals surface area contributed by atoms with Crippen LogP contribution in [0.3, 0.4) is 0 Å². The topological polar surface area (TPSA) is 49.8 Å².